The average molecular weight is 401 g/mol. The Morgan fingerprint density at radius 3 is 2.72 bits per heavy atom. The predicted octanol–water partition coefficient (Wildman–Crippen LogP) is 2.19. The molecule has 0 bridgehead atoms. The monoisotopic (exact) mass is 401 g/mol. The highest BCUT2D eigenvalue weighted by Gasteiger charge is 2.49. The normalized spacial score (nSPS) is 24.1. The molecule has 0 radical (unpaired) electrons. The second kappa shape index (κ2) is 7.59. The number of fused-ring (bicyclic) bond motifs is 1. The standard InChI is InChI=1S/C21H24FN3O4/c1-12-17(13(2)29-23-12)7-19(26)25-9-15-8-24(11-20(27)28)10-18(15)21(25)14-4-3-5-16(22)6-14/h3-6,15,18,21H,7-11H2,1-2H3,(H,27,28)/t15-,18-,21-/m0/s1. The number of rotatable bonds is 5. The molecule has 7 nitrogen and oxygen atoms in total. The molecule has 2 aromatic rings. The summed E-state index contributed by atoms with van der Waals surface area (Å²) in [6, 6.07) is 6.08. The van der Waals surface area contributed by atoms with Crippen LogP contribution in [0.1, 0.15) is 28.6 Å². The zero-order valence-electron chi connectivity index (χ0n) is 16.5. The fraction of sp³-hybridized carbons (Fsp3) is 0.476. The van der Waals surface area contributed by atoms with Gasteiger partial charge in [0.05, 0.1) is 24.7 Å². The first-order valence-corrected chi connectivity index (χ1v) is 9.74. The Morgan fingerprint density at radius 1 is 1.28 bits per heavy atom. The number of nitrogens with zero attached hydrogens (tertiary/aromatic N) is 3. The van der Waals surface area contributed by atoms with Crippen LogP contribution in [0.25, 0.3) is 0 Å². The van der Waals surface area contributed by atoms with Gasteiger partial charge in [0.1, 0.15) is 11.6 Å². The highest BCUT2D eigenvalue weighted by atomic mass is 19.1. The molecule has 1 aromatic carbocycles. The first-order valence-electron chi connectivity index (χ1n) is 9.74. The molecule has 8 heteroatoms. The Morgan fingerprint density at radius 2 is 2.07 bits per heavy atom. The number of halogens is 1. The summed E-state index contributed by atoms with van der Waals surface area (Å²) in [5, 5.41) is 13.0. The van der Waals surface area contributed by atoms with Gasteiger partial charge in [-0.1, -0.05) is 17.3 Å². The molecule has 29 heavy (non-hydrogen) atoms. The molecule has 0 saturated carbocycles. The molecule has 1 N–H and O–H groups in total. The summed E-state index contributed by atoms with van der Waals surface area (Å²) < 4.78 is 19.1. The summed E-state index contributed by atoms with van der Waals surface area (Å²) in [7, 11) is 0. The number of aliphatic carboxylic acids is 1. The molecule has 3 heterocycles. The van der Waals surface area contributed by atoms with Crippen molar-refractivity contribution < 1.29 is 23.6 Å². The van der Waals surface area contributed by atoms with Crippen molar-refractivity contribution in [3.05, 3.63) is 52.7 Å². The number of benzene rings is 1. The van der Waals surface area contributed by atoms with Gasteiger partial charge < -0.3 is 14.5 Å². The van der Waals surface area contributed by atoms with Crippen LogP contribution in [0.15, 0.2) is 28.8 Å². The van der Waals surface area contributed by atoms with Crippen molar-refractivity contribution in [2.45, 2.75) is 26.3 Å². The minimum Gasteiger partial charge on any atom is -0.480 e. The topological polar surface area (TPSA) is 86.9 Å². The number of amides is 1. The van der Waals surface area contributed by atoms with E-state index >= 15 is 0 Å². The molecule has 1 aromatic heterocycles. The van der Waals surface area contributed by atoms with Crippen LogP contribution in [0.4, 0.5) is 4.39 Å². The van der Waals surface area contributed by atoms with Crippen LogP contribution in [0.2, 0.25) is 0 Å². The van der Waals surface area contributed by atoms with E-state index in [1.165, 1.54) is 12.1 Å². The van der Waals surface area contributed by atoms with Gasteiger partial charge in [-0.15, -0.1) is 0 Å². The Bertz CT molecular complexity index is 924. The first kappa shape index (κ1) is 19.6. The smallest absolute Gasteiger partial charge is 0.317 e. The second-order valence-electron chi connectivity index (χ2n) is 8.04. The molecule has 0 spiro atoms. The number of likely N-dealkylation sites (tertiary alicyclic amines) is 2. The second-order valence-corrected chi connectivity index (χ2v) is 8.04. The summed E-state index contributed by atoms with van der Waals surface area (Å²) in [6.45, 7) is 5.31. The van der Waals surface area contributed by atoms with Gasteiger partial charge >= 0.3 is 5.97 Å². The lowest BCUT2D eigenvalue weighted by Crippen LogP contribution is -2.37. The van der Waals surface area contributed by atoms with Gasteiger partial charge in [0.15, 0.2) is 0 Å². The molecule has 2 aliphatic heterocycles. The van der Waals surface area contributed by atoms with Gasteiger partial charge in [0.2, 0.25) is 5.91 Å². The van der Waals surface area contributed by atoms with Crippen LogP contribution in [0.3, 0.4) is 0 Å². The summed E-state index contributed by atoms with van der Waals surface area (Å²) in [5.41, 5.74) is 2.24. The Kier molecular flexibility index (Phi) is 5.12. The van der Waals surface area contributed by atoms with Crippen LogP contribution >= 0.6 is 0 Å². The SMILES string of the molecule is Cc1noc(C)c1CC(=O)N1C[C@@H]2CN(CC(=O)O)C[C@@H]2[C@@H]1c1cccc(F)c1. The molecule has 3 atom stereocenters. The maximum Gasteiger partial charge on any atom is 0.317 e. The number of aryl methyl sites for hydroxylation is 2. The van der Waals surface area contributed by atoms with Crippen LogP contribution in [0.5, 0.6) is 0 Å². The van der Waals surface area contributed by atoms with E-state index in [1.54, 1.807) is 13.0 Å². The van der Waals surface area contributed by atoms with Crippen LogP contribution in [0, 0.1) is 31.5 Å². The van der Waals surface area contributed by atoms with E-state index in [-0.39, 0.29) is 42.6 Å². The Hall–Kier alpha value is -2.74. The van der Waals surface area contributed by atoms with Crippen molar-refractivity contribution in [1.82, 2.24) is 15.0 Å². The predicted molar refractivity (Wildman–Crippen MR) is 102 cm³/mol. The fourth-order valence-corrected chi connectivity index (χ4v) is 4.84. The van der Waals surface area contributed by atoms with Crippen molar-refractivity contribution >= 4 is 11.9 Å². The number of carboxylic acids is 1. The van der Waals surface area contributed by atoms with Gasteiger partial charge in [-0.3, -0.25) is 14.5 Å². The number of carbonyl (C=O) groups is 2. The lowest BCUT2D eigenvalue weighted by Gasteiger charge is -2.30. The van der Waals surface area contributed by atoms with Crippen molar-refractivity contribution in [3.63, 3.8) is 0 Å². The molecule has 2 aliphatic rings. The lowest BCUT2D eigenvalue weighted by molar-refractivity contribution is -0.138. The quantitative estimate of drug-likeness (QED) is 0.827. The number of carbonyl (C=O) groups excluding carboxylic acids is 1. The highest BCUT2D eigenvalue weighted by Crippen LogP contribution is 2.45. The van der Waals surface area contributed by atoms with E-state index in [4.69, 9.17) is 9.63 Å². The molecule has 4 rings (SSSR count). The first-order chi connectivity index (χ1) is 13.8. The molecular formula is C21H24FN3O4. The molecule has 0 aliphatic carbocycles. The number of hydrogen-bond donors (Lipinski definition) is 1. The molecule has 154 valence electrons. The number of aromatic nitrogens is 1. The van der Waals surface area contributed by atoms with E-state index in [0.717, 1.165) is 11.1 Å². The van der Waals surface area contributed by atoms with Crippen molar-refractivity contribution in [1.29, 1.82) is 0 Å². The third-order valence-corrected chi connectivity index (χ3v) is 6.12. The number of carboxylic acid groups (broad SMARTS) is 1. The summed E-state index contributed by atoms with van der Waals surface area (Å²) in [4.78, 5) is 28.1. The third kappa shape index (κ3) is 3.76. The molecule has 2 saturated heterocycles. The van der Waals surface area contributed by atoms with E-state index in [9.17, 15) is 14.0 Å². The molecule has 2 fully saturated rings. The van der Waals surface area contributed by atoms with Crippen LogP contribution in [-0.4, -0.2) is 58.1 Å². The van der Waals surface area contributed by atoms with E-state index in [2.05, 4.69) is 5.16 Å². The van der Waals surface area contributed by atoms with Crippen molar-refractivity contribution in [2.75, 3.05) is 26.2 Å². The zero-order valence-corrected chi connectivity index (χ0v) is 16.5. The molecule has 0 unspecified atom stereocenters. The van der Waals surface area contributed by atoms with Gasteiger partial charge in [0.25, 0.3) is 0 Å². The van der Waals surface area contributed by atoms with Crippen LogP contribution in [-0.2, 0) is 16.0 Å². The van der Waals surface area contributed by atoms with E-state index < -0.39 is 5.97 Å². The van der Waals surface area contributed by atoms with Gasteiger partial charge in [-0.05, 0) is 37.5 Å². The summed E-state index contributed by atoms with van der Waals surface area (Å²) in [5.74, 6) is -0.387. The average Bonchev–Trinajstić information content (AvgIpc) is 3.29. The Balaban J connectivity index is 1.61. The molecule has 1 amide bonds. The van der Waals surface area contributed by atoms with Crippen molar-refractivity contribution in [2.24, 2.45) is 11.8 Å². The third-order valence-electron chi connectivity index (χ3n) is 6.12. The minimum atomic E-state index is -0.862. The largest absolute Gasteiger partial charge is 0.480 e. The number of hydrogen-bond acceptors (Lipinski definition) is 5. The zero-order chi connectivity index (χ0) is 20.7. The lowest BCUT2D eigenvalue weighted by atomic mass is 9.89. The minimum absolute atomic E-state index is 0.0180. The summed E-state index contributed by atoms with van der Waals surface area (Å²) in [6.07, 6.45) is 0.186. The maximum absolute atomic E-state index is 13.9. The van der Waals surface area contributed by atoms with Gasteiger partial charge in [-0.25, -0.2) is 4.39 Å². The maximum atomic E-state index is 13.9. The highest BCUT2D eigenvalue weighted by molar-refractivity contribution is 5.80. The van der Waals surface area contributed by atoms with E-state index in [0.29, 0.717) is 31.1 Å². The van der Waals surface area contributed by atoms with Gasteiger partial charge in [0, 0.05) is 31.1 Å². The van der Waals surface area contributed by atoms with Gasteiger partial charge in [-0.2, -0.15) is 0 Å². The summed E-state index contributed by atoms with van der Waals surface area (Å²) >= 11 is 0. The van der Waals surface area contributed by atoms with Crippen LogP contribution < -0.4 is 0 Å². The van der Waals surface area contributed by atoms with Crippen molar-refractivity contribution in [3.8, 4) is 0 Å². The fourth-order valence-electron chi connectivity index (χ4n) is 4.84. The Labute approximate surface area is 168 Å². The van der Waals surface area contributed by atoms with E-state index in [1.807, 2.05) is 22.8 Å². The molecular weight excluding hydrogens is 377 g/mol.